The molecule has 1 N–H and O–H groups in total. The molecule has 2 heterocycles. The Labute approximate surface area is 203 Å². The molecular weight excluding hydrogens is 505 g/mol. The Morgan fingerprint density at radius 3 is 2.50 bits per heavy atom. The molecule has 0 unspecified atom stereocenters. The van der Waals surface area contributed by atoms with Crippen LogP contribution >= 0.6 is 15.9 Å². The van der Waals surface area contributed by atoms with E-state index in [0.717, 1.165) is 11.0 Å². The SMILES string of the molecule is COc1ccccc1[C@@H]1NN(C(=O)c2cccc(Br)c2)[C@H]2C(=O)N(c3cccc(F)c3)C(=O)[C@H]12. The molecule has 2 saturated heterocycles. The molecule has 0 aliphatic carbocycles. The lowest BCUT2D eigenvalue weighted by Crippen LogP contribution is -2.48. The third-order valence-electron chi connectivity index (χ3n) is 6.07. The minimum atomic E-state index is -1.11. The van der Waals surface area contributed by atoms with Crippen LogP contribution in [0.5, 0.6) is 5.75 Å². The van der Waals surface area contributed by atoms with Crippen LogP contribution in [0.25, 0.3) is 0 Å². The van der Waals surface area contributed by atoms with Gasteiger partial charge in [0.15, 0.2) is 0 Å². The number of hydrogen-bond acceptors (Lipinski definition) is 5. The van der Waals surface area contributed by atoms with Crippen molar-refractivity contribution in [2.75, 3.05) is 12.0 Å². The number of para-hydroxylation sites is 1. The highest BCUT2D eigenvalue weighted by Gasteiger charge is 2.60. The molecule has 0 saturated carbocycles. The lowest BCUT2D eigenvalue weighted by Gasteiger charge is -2.25. The molecule has 172 valence electrons. The molecule has 0 spiro atoms. The molecule has 2 aliphatic heterocycles. The third-order valence-corrected chi connectivity index (χ3v) is 6.56. The number of methoxy groups -OCH3 is 1. The molecule has 3 amide bonds. The molecule has 0 aromatic heterocycles. The van der Waals surface area contributed by atoms with Crippen molar-refractivity contribution >= 4 is 39.3 Å². The van der Waals surface area contributed by atoms with Gasteiger partial charge in [0.25, 0.3) is 11.8 Å². The Hall–Kier alpha value is -3.56. The summed E-state index contributed by atoms with van der Waals surface area (Å²) in [6.45, 7) is 0. The van der Waals surface area contributed by atoms with Crippen LogP contribution in [-0.4, -0.2) is 35.9 Å². The number of benzene rings is 3. The summed E-state index contributed by atoms with van der Waals surface area (Å²) in [7, 11) is 1.51. The summed E-state index contributed by atoms with van der Waals surface area (Å²) in [6, 6.07) is 17.3. The topological polar surface area (TPSA) is 79.0 Å². The van der Waals surface area contributed by atoms with Crippen molar-refractivity contribution in [2.24, 2.45) is 5.92 Å². The number of fused-ring (bicyclic) bond motifs is 1. The van der Waals surface area contributed by atoms with Crippen molar-refractivity contribution in [3.63, 3.8) is 0 Å². The number of imide groups is 1. The number of halogens is 2. The van der Waals surface area contributed by atoms with Crippen LogP contribution in [0.15, 0.2) is 77.3 Å². The first-order valence-corrected chi connectivity index (χ1v) is 11.3. The number of amides is 3. The Kier molecular flexibility index (Phi) is 5.66. The summed E-state index contributed by atoms with van der Waals surface area (Å²) in [5.74, 6) is -2.57. The first kappa shape index (κ1) is 22.2. The number of ether oxygens (including phenoxy) is 1. The Bertz CT molecular complexity index is 1320. The quantitative estimate of drug-likeness (QED) is 0.525. The van der Waals surface area contributed by atoms with Crippen molar-refractivity contribution in [1.29, 1.82) is 0 Å². The molecule has 3 aromatic rings. The second kappa shape index (κ2) is 8.66. The molecule has 0 radical (unpaired) electrons. The number of carbonyl (C=O) groups excluding carboxylic acids is 3. The van der Waals surface area contributed by atoms with E-state index in [2.05, 4.69) is 21.4 Å². The van der Waals surface area contributed by atoms with E-state index in [0.29, 0.717) is 21.3 Å². The Morgan fingerprint density at radius 2 is 1.76 bits per heavy atom. The van der Waals surface area contributed by atoms with Gasteiger partial charge in [0.1, 0.15) is 17.6 Å². The molecule has 7 nitrogen and oxygen atoms in total. The van der Waals surface area contributed by atoms with Gasteiger partial charge in [-0.25, -0.2) is 14.7 Å². The van der Waals surface area contributed by atoms with Gasteiger partial charge in [-0.05, 0) is 42.5 Å². The molecule has 2 fully saturated rings. The number of hydrogen-bond donors (Lipinski definition) is 1. The van der Waals surface area contributed by atoms with E-state index < -0.39 is 41.5 Å². The highest BCUT2D eigenvalue weighted by Crippen LogP contribution is 2.44. The molecular formula is C25H19BrFN3O4. The number of carbonyl (C=O) groups is 3. The van der Waals surface area contributed by atoms with E-state index in [-0.39, 0.29) is 5.69 Å². The van der Waals surface area contributed by atoms with E-state index in [4.69, 9.17) is 4.74 Å². The van der Waals surface area contributed by atoms with Crippen molar-refractivity contribution in [1.82, 2.24) is 10.4 Å². The van der Waals surface area contributed by atoms with Crippen LogP contribution in [0.2, 0.25) is 0 Å². The summed E-state index contributed by atoms with van der Waals surface area (Å²) in [4.78, 5) is 41.6. The van der Waals surface area contributed by atoms with Crippen molar-refractivity contribution in [2.45, 2.75) is 12.1 Å². The van der Waals surface area contributed by atoms with E-state index in [1.54, 1.807) is 48.5 Å². The van der Waals surface area contributed by atoms with E-state index in [1.807, 2.05) is 0 Å². The number of rotatable bonds is 4. The lowest BCUT2D eigenvalue weighted by molar-refractivity contribution is -0.123. The van der Waals surface area contributed by atoms with Gasteiger partial charge in [-0.1, -0.05) is 46.3 Å². The van der Waals surface area contributed by atoms with Gasteiger partial charge in [0.05, 0.1) is 24.8 Å². The van der Waals surface area contributed by atoms with E-state index >= 15 is 0 Å². The Morgan fingerprint density at radius 1 is 1.00 bits per heavy atom. The first-order valence-electron chi connectivity index (χ1n) is 10.5. The van der Waals surface area contributed by atoms with Crippen LogP contribution in [-0.2, 0) is 9.59 Å². The predicted octanol–water partition coefficient (Wildman–Crippen LogP) is 3.86. The van der Waals surface area contributed by atoms with Crippen LogP contribution in [0, 0.1) is 11.7 Å². The van der Waals surface area contributed by atoms with Gasteiger partial charge in [-0.15, -0.1) is 0 Å². The van der Waals surface area contributed by atoms with Crippen molar-refractivity contribution < 1.29 is 23.5 Å². The third kappa shape index (κ3) is 3.57. The fourth-order valence-corrected chi connectivity index (χ4v) is 4.99. The van der Waals surface area contributed by atoms with Crippen LogP contribution in [0.4, 0.5) is 10.1 Å². The second-order valence-corrected chi connectivity index (χ2v) is 8.91. The standard InChI is InChI=1S/C25H19BrFN3O4/c1-34-19-11-3-2-10-18(19)21-20-22(30(28-21)23(31)14-6-4-7-15(26)12-14)25(33)29(24(20)32)17-9-5-8-16(27)13-17/h2-13,20-22,28H,1H3/t20-,21+,22-/m1/s1. The smallest absolute Gasteiger partial charge is 0.268 e. The van der Waals surface area contributed by atoms with Gasteiger partial charge in [0, 0.05) is 15.6 Å². The maximum absolute atomic E-state index is 13.9. The number of hydrazine groups is 1. The van der Waals surface area contributed by atoms with Gasteiger partial charge in [-0.3, -0.25) is 19.4 Å². The molecule has 3 atom stereocenters. The van der Waals surface area contributed by atoms with Gasteiger partial charge in [-0.2, -0.15) is 0 Å². The van der Waals surface area contributed by atoms with Gasteiger partial charge in [0.2, 0.25) is 5.91 Å². The van der Waals surface area contributed by atoms with E-state index in [1.165, 1.54) is 30.3 Å². The molecule has 2 aliphatic rings. The number of nitrogens with one attached hydrogen (secondary N) is 1. The summed E-state index contributed by atoms with van der Waals surface area (Å²) in [5, 5.41) is 1.21. The largest absolute Gasteiger partial charge is 0.496 e. The number of anilines is 1. The summed E-state index contributed by atoms with van der Waals surface area (Å²) >= 11 is 3.36. The zero-order chi connectivity index (χ0) is 24.0. The van der Waals surface area contributed by atoms with Crippen molar-refractivity contribution in [3.05, 3.63) is 94.2 Å². The van der Waals surface area contributed by atoms with E-state index in [9.17, 15) is 18.8 Å². The monoisotopic (exact) mass is 523 g/mol. The minimum Gasteiger partial charge on any atom is -0.496 e. The van der Waals surface area contributed by atoms with Gasteiger partial charge >= 0.3 is 0 Å². The highest BCUT2D eigenvalue weighted by atomic mass is 79.9. The van der Waals surface area contributed by atoms with Crippen LogP contribution < -0.4 is 15.1 Å². The van der Waals surface area contributed by atoms with Crippen LogP contribution in [0.3, 0.4) is 0 Å². The van der Waals surface area contributed by atoms with Crippen LogP contribution in [0.1, 0.15) is 22.0 Å². The summed E-state index contributed by atoms with van der Waals surface area (Å²) < 4.78 is 20.1. The normalized spacial score (nSPS) is 21.7. The average Bonchev–Trinajstić information content (AvgIpc) is 3.35. The fraction of sp³-hybridized carbons (Fsp3) is 0.160. The zero-order valence-corrected chi connectivity index (χ0v) is 19.5. The first-order chi connectivity index (χ1) is 16.4. The maximum Gasteiger partial charge on any atom is 0.268 e. The lowest BCUT2D eigenvalue weighted by atomic mass is 9.90. The molecule has 3 aromatic carbocycles. The predicted molar refractivity (Wildman–Crippen MR) is 125 cm³/mol. The molecule has 0 bridgehead atoms. The van der Waals surface area contributed by atoms with Crippen molar-refractivity contribution in [3.8, 4) is 5.75 Å². The second-order valence-electron chi connectivity index (χ2n) is 8.00. The molecule has 9 heteroatoms. The zero-order valence-electron chi connectivity index (χ0n) is 17.9. The maximum atomic E-state index is 13.9. The Balaban J connectivity index is 1.61. The molecule has 34 heavy (non-hydrogen) atoms. The summed E-state index contributed by atoms with van der Waals surface area (Å²) in [5.41, 5.74) is 4.19. The highest BCUT2D eigenvalue weighted by molar-refractivity contribution is 9.10. The fourth-order valence-electron chi connectivity index (χ4n) is 4.59. The number of nitrogens with zero attached hydrogens (tertiary/aromatic N) is 2. The molecule has 5 rings (SSSR count). The minimum absolute atomic E-state index is 0.123. The average molecular weight is 524 g/mol. The summed E-state index contributed by atoms with van der Waals surface area (Å²) in [6.07, 6.45) is 0. The van der Waals surface area contributed by atoms with Gasteiger partial charge < -0.3 is 4.74 Å².